The molecule has 2 aliphatic rings. The molecule has 0 aromatic rings. The summed E-state index contributed by atoms with van der Waals surface area (Å²) in [5.41, 5.74) is 0. The molecule has 0 atom stereocenters. The Morgan fingerprint density at radius 3 is 1.44 bits per heavy atom. The summed E-state index contributed by atoms with van der Waals surface area (Å²) in [7, 11) is 0. The van der Waals surface area contributed by atoms with Crippen molar-refractivity contribution < 1.29 is 28.7 Å². The summed E-state index contributed by atoms with van der Waals surface area (Å²) in [6, 6.07) is 0. The third kappa shape index (κ3) is 10.8. The minimum Gasteiger partial charge on any atom is -0.463 e. The standard InChI is InChI=1S/C24H38N2O6/c27-21-11-9-17-25(21)15-5-1-3-7-19-31-23(29)13-14-24(30)32-20-8-4-2-6-16-26-18-10-12-22(26)28/h13-14H,1-12,15-20H2. The van der Waals surface area contributed by atoms with E-state index in [0.29, 0.717) is 26.1 Å². The SMILES string of the molecule is O=C(C=CC(=O)OCCCCCCN1CCCC1=O)OCCCCCCN1CCCC1=O. The van der Waals surface area contributed by atoms with Crippen molar-refractivity contribution in [2.75, 3.05) is 39.4 Å². The normalized spacial score (nSPS) is 16.4. The number of ether oxygens (including phenoxy) is 2. The zero-order valence-corrected chi connectivity index (χ0v) is 19.2. The van der Waals surface area contributed by atoms with Crippen LogP contribution in [0.4, 0.5) is 0 Å². The van der Waals surface area contributed by atoms with E-state index >= 15 is 0 Å². The first-order valence-corrected chi connectivity index (χ1v) is 12.1. The number of esters is 2. The highest BCUT2D eigenvalue weighted by Gasteiger charge is 2.19. The van der Waals surface area contributed by atoms with Crippen molar-refractivity contribution in [3.63, 3.8) is 0 Å². The Bertz CT molecular complexity index is 594. The first-order valence-electron chi connectivity index (χ1n) is 12.1. The summed E-state index contributed by atoms with van der Waals surface area (Å²) in [6.07, 6.45) is 12.9. The van der Waals surface area contributed by atoms with Crippen molar-refractivity contribution in [1.29, 1.82) is 0 Å². The Morgan fingerprint density at radius 2 is 1.06 bits per heavy atom. The molecule has 2 aliphatic heterocycles. The number of amides is 2. The second-order valence-electron chi connectivity index (χ2n) is 8.47. The van der Waals surface area contributed by atoms with E-state index < -0.39 is 11.9 Å². The molecule has 0 radical (unpaired) electrons. The van der Waals surface area contributed by atoms with Gasteiger partial charge in [-0.25, -0.2) is 9.59 Å². The molecule has 8 nitrogen and oxygen atoms in total. The zero-order chi connectivity index (χ0) is 23.0. The molecular formula is C24H38N2O6. The summed E-state index contributed by atoms with van der Waals surface area (Å²) >= 11 is 0. The van der Waals surface area contributed by atoms with E-state index in [9.17, 15) is 19.2 Å². The predicted molar refractivity (Wildman–Crippen MR) is 120 cm³/mol. The molecule has 2 amide bonds. The highest BCUT2D eigenvalue weighted by molar-refractivity contribution is 5.91. The van der Waals surface area contributed by atoms with E-state index in [4.69, 9.17) is 9.47 Å². The van der Waals surface area contributed by atoms with Gasteiger partial charge in [0.25, 0.3) is 0 Å². The van der Waals surface area contributed by atoms with E-state index in [1.165, 1.54) is 0 Å². The van der Waals surface area contributed by atoms with Crippen LogP contribution in [0.25, 0.3) is 0 Å². The molecule has 32 heavy (non-hydrogen) atoms. The lowest BCUT2D eigenvalue weighted by atomic mass is 10.2. The van der Waals surface area contributed by atoms with Crippen LogP contribution in [0.15, 0.2) is 12.2 Å². The molecule has 2 saturated heterocycles. The average molecular weight is 451 g/mol. The minimum atomic E-state index is -0.541. The fourth-order valence-electron chi connectivity index (χ4n) is 3.98. The van der Waals surface area contributed by atoms with Gasteiger partial charge in [-0.1, -0.05) is 12.8 Å². The second-order valence-corrected chi connectivity index (χ2v) is 8.47. The number of hydrogen-bond acceptors (Lipinski definition) is 6. The number of likely N-dealkylation sites (tertiary alicyclic amines) is 2. The van der Waals surface area contributed by atoms with Crippen LogP contribution in [-0.4, -0.2) is 72.9 Å². The van der Waals surface area contributed by atoms with Crippen LogP contribution < -0.4 is 0 Å². The number of rotatable bonds is 16. The van der Waals surface area contributed by atoms with E-state index in [1.807, 2.05) is 9.80 Å². The predicted octanol–water partition coefficient (Wildman–Crippen LogP) is 2.99. The highest BCUT2D eigenvalue weighted by atomic mass is 16.5. The van der Waals surface area contributed by atoms with Crippen LogP contribution in [-0.2, 0) is 28.7 Å². The van der Waals surface area contributed by atoms with Gasteiger partial charge in [-0.15, -0.1) is 0 Å². The van der Waals surface area contributed by atoms with Gasteiger partial charge in [-0.05, 0) is 51.4 Å². The van der Waals surface area contributed by atoms with Gasteiger partial charge in [0.15, 0.2) is 0 Å². The lowest BCUT2D eigenvalue weighted by Crippen LogP contribution is -2.25. The monoisotopic (exact) mass is 450 g/mol. The minimum absolute atomic E-state index is 0.260. The molecular weight excluding hydrogens is 412 g/mol. The average Bonchev–Trinajstić information content (AvgIpc) is 3.38. The first-order chi connectivity index (χ1) is 15.6. The van der Waals surface area contributed by atoms with Crippen LogP contribution in [0.5, 0.6) is 0 Å². The van der Waals surface area contributed by atoms with Gasteiger partial charge < -0.3 is 19.3 Å². The van der Waals surface area contributed by atoms with Crippen LogP contribution in [0.3, 0.4) is 0 Å². The maximum absolute atomic E-state index is 11.6. The summed E-state index contributed by atoms with van der Waals surface area (Å²) in [4.78, 5) is 50.1. The van der Waals surface area contributed by atoms with Crippen molar-refractivity contribution in [3.8, 4) is 0 Å². The van der Waals surface area contributed by atoms with E-state index in [2.05, 4.69) is 0 Å². The van der Waals surface area contributed by atoms with E-state index in [-0.39, 0.29) is 11.8 Å². The van der Waals surface area contributed by atoms with Gasteiger partial charge in [0, 0.05) is 51.2 Å². The van der Waals surface area contributed by atoms with Crippen LogP contribution >= 0.6 is 0 Å². The number of hydrogen-bond donors (Lipinski definition) is 0. The van der Waals surface area contributed by atoms with Gasteiger partial charge in [0.1, 0.15) is 0 Å². The Kier molecular flexibility index (Phi) is 12.5. The lowest BCUT2D eigenvalue weighted by Gasteiger charge is -2.14. The third-order valence-corrected chi connectivity index (χ3v) is 5.83. The largest absolute Gasteiger partial charge is 0.463 e. The molecule has 0 unspecified atom stereocenters. The van der Waals surface area contributed by atoms with Gasteiger partial charge in [-0.2, -0.15) is 0 Å². The van der Waals surface area contributed by atoms with Gasteiger partial charge in [0.05, 0.1) is 13.2 Å². The van der Waals surface area contributed by atoms with Gasteiger partial charge in [0.2, 0.25) is 11.8 Å². The number of unbranched alkanes of at least 4 members (excludes halogenated alkanes) is 6. The molecule has 0 spiro atoms. The first kappa shape index (κ1) is 25.9. The topological polar surface area (TPSA) is 93.2 Å². The van der Waals surface area contributed by atoms with Crippen molar-refractivity contribution >= 4 is 23.8 Å². The zero-order valence-electron chi connectivity index (χ0n) is 19.2. The third-order valence-electron chi connectivity index (χ3n) is 5.83. The molecule has 180 valence electrons. The van der Waals surface area contributed by atoms with Crippen LogP contribution in [0.2, 0.25) is 0 Å². The Balaban J connectivity index is 1.36. The van der Waals surface area contributed by atoms with Crippen molar-refractivity contribution in [2.45, 2.75) is 77.0 Å². The second kappa shape index (κ2) is 15.4. The van der Waals surface area contributed by atoms with E-state index in [0.717, 1.165) is 103 Å². The van der Waals surface area contributed by atoms with Crippen molar-refractivity contribution in [2.24, 2.45) is 0 Å². The summed E-state index contributed by atoms with van der Waals surface area (Å²) in [5, 5.41) is 0. The van der Waals surface area contributed by atoms with Crippen molar-refractivity contribution in [1.82, 2.24) is 9.80 Å². The molecule has 2 rings (SSSR count). The van der Waals surface area contributed by atoms with Gasteiger partial charge in [-0.3, -0.25) is 9.59 Å². The van der Waals surface area contributed by atoms with Crippen LogP contribution in [0.1, 0.15) is 77.0 Å². The van der Waals surface area contributed by atoms with Gasteiger partial charge >= 0.3 is 11.9 Å². The fourth-order valence-corrected chi connectivity index (χ4v) is 3.98. The van der Waals surface area contributed by atoms with E-state index in [1.54, 1.807) is 0 Å². The maximum atomic E-state index is 11.6. The molecule has 8 heteroatoms. The Labute approximate surface area is 191 Å². The molecule has 0 aliphatic carbocycles. The summed E-state index contributed by atoms with van der Waals surface area (Å²) < 4.78 is 10.2. The molecule has 0 aromatic carbocycles. The molecule has 0 bridgehead atoms. The number of nitrogens with zero attached hydrogens (tertiary/aromatic N) is 2. The molecule has 2 fully saturated rings. The lowest BCUT2D eigenvalue weighted by molar-refractivity contribution is -0.140. The summed E-state index contributed by atoms with van der Waals surface area (Å²) in [6.45, 7) is 4.06. The molecule has 0 aromatic heterocycles. The fraction of sp³-hybridized carbons (Fsp3) is 0.750. The van der Waals surface area contributed by atoms with Crippen molar-refractivity contribution in [3.05, 3.63) is 12.2 Å². The Morgan fingerprint density at radius 1 is 0.656 bits per heavy atom. The Hall–Kier alpha value is -2.38. The number of carbonyl (C=O) groups excluding carboxylic acids is 4. The molecule has 0 N–H and O–H groups in total. The molecule has 2 heterocycles. The smallest absolute Gasteiger partial charge is 0.331 e. The maximum Gasteiger partial charge on any atom is 0.331 e. The summed E-state index contributed by atoms with van der Waals surface area (Å²) in [5.74, 6) is -0.561. The van der Waals surface area contributed by atoms with Crippen LogP contribution in [0, 0.1) is 0 Å². The highest BCUT2D eigenvalue weighted by Crippen LogP contribution is 2.12. The number of carbonyl (C=O) groups is 4. The quantitative estimate of drug-likeness (QED) is 0.204. The molecule has 0 saturated carbocycles.